The van der Waals surface area contributed by atoms with Crippen molar-refractivity contribution < 1.29 is 14.6 Å². The van der Waals surface area contributed by atoms with Crippen molar-refractivity contribution >= 4 is 17.5 Å². The van der Waals surface area contributed by atoms with E-state index in [4.69, 9.17) is 22.8 Å². The lowest BCUT2D eigenvalue weighted by Crippen LogP contribution is -2.29. The second kappa shape index (κ2) is 8.54. The zero-order valence-corrected chi connectivity index (χ0v) is 11.2. The van der Waals surface area contributed by atoms with Gasteiger partial charge in [-0.1, -0.05) is 35.7 Å². The van der Waals surface area contributed by atoms with Gasteiger partial charge in [-0.3, -0.25) is 4.79 Å². The molecule has 0 fully saturated rings. The van der Waals surface area contributed by atoms with Crippen LogP contribution in [0.5, 0.6) is 0 Å². The van der Waals surface area contributed by atoms with Crippen LogP contribution >= 0.6 is 11.6 Å². The lowest BCUT2D eigenvalue weighted by Gasteiger charge is -2.13. The Morgan fingerprint density at radius 2 is 2.26 bits per heavy atom. The number of nitrogens with one attached hydrogen (secondary N) is 1. The number of hydrogen-bond acceptors (Lipinski definition) is 3. The van der Waals surface area contributed by atoms with Crippen LogP contribution in [0.3, 0.4) is 0 Å². The Hall–Kier alpha value is -1.54. The molecule has 0 saturated heterocycles. The predicted octanol–water partition coefficient (Wildman–Crippen LogP) is 1.53. The standard InChI is InChI=1S/C14H16ClNO3/c1-2-8-19-9-7-14(18)16-10-13(17)11-5-3-4-6-12(11)15/h1,3-6,13,17H,7-10H2,(H,16,18). The van der Waals surface area contributed by atoms with Gasteiger partial charge in [0.25, 0.3) is 0 Å². The molecule has 0 heterocycles. The van der Waals surface area contributed by atoms with Crippen LogP contribution in [0.2, 0.25) is 5.02 Å². The van der Waals surface area contributed by atoms with E-state index in [9.17, 15) is 9.90 Å². The molecule has 1 aromatic rings. The molecule has 0 aliphatic heterocycles. The van der Waals surface area contributed by atoms with Crippen molar-refractivity contribution in [2.24, 2.45) is 0 Å². The average Bonchev–Trinajstić information content (AvgIpc) is 2.41. The Morgan fingerprint density at radius 1 is 1.53 bits per heavy atom. The molecule has 2 N–H and O–H groups in total. The van der Waals surface area contributed by atoms with E-state index >= 15 is 0 Å². The van der Waals surface area contributed by atoms with Crippen LogP contribution in [0.1, 0.15) is 18.1 Å². The fourth-order valence-corrected chi connectivity index (χ4v) is 1.71. The first kappa shape index (κ1) is 15.5. The first-order valence-corrected chi connectivity index (χ1v) is 6.23. The van der Waals surface area contributed by atoms with Gasteiger partial charge >= 0.3 is 0 Å². The maximum atomic E-state index is 11.4. The molecule has 0 bridgehead atoms. The molecule has 0 aliphatic rings. The lowest BCUT2D eigenvalue weighted by molar-refractivity contribution is -0.122. The molecule has 0 aliphatic carbocycles. The predicted molar refractivity (Wildman–Crippen MR) is 73.7 cm³/mol. The van der Waals surface area contributed by atoms with Crippen LogP contribution in [-0.4, -0.2) is 30.8 Å². The van der Waals surface area contributed by atoms with Gasteiger partial charge in [0.1, 0.15) is 6.61 Å². The summed E-state index contributed by atoms with van der Waals surface area (Å²) in [7, 11) is 0. The highest BCUT2D eigenvalue weighted by atomic mass is 35.5. The SMILES string of the molecule is C#CCOCCC(=O)NCC(O)c1ccccc1Cl. The highest BCUT2D eigenvalue weighted by Gasteiger charge is 2.12. The molecule has 19 heavy (non-hydrogen) atoms. The van der Waals surface area contributed by atoms with E-state index in [-0.39, 0.29) is 32.1 Å². The Labute approximate surface area is 117 Å². The van der Waals surface area contributed by atoms with Gasteiger partial charge in [-0.05, 0) is 6.07 Å². The molecule has 4 nitrogen and oxygen atoms in total. The summed E-state index contributed by atoms with van der Waals surface area (Å²) >= 11 is 5.94. The van der Waals surface area contributed by atoms with Crippen LogP contribution in [0.25, 0.3) is 0 Å². The van der Waals surface area contributed by atoms with Gasteiger partial charge in [0, 0.05) is 17.1 Å². The number of rotatable bonds is 7. The summed E-state index contributed by atoms with van der Waals surface area (Å²) in [6.07, 6.45) is 4.38. The molecular weight excluding hydrogens is 266 g/mol. The molecule has 1 aromatic carbocycles. The summed E-state index contributed by atoms with van der Waals surface area (Å²) in [5.74, 6) is 2.11. The van der Waals surface area contributed by atoms with E-state index in [1.807, 2.05) is 0 Å². The number of aliphatic hydroxyl groups is 1. The highest BCUT2D eigenvalue weighted by Crippen LogP contribution is 2.21. The summed E-state index contributed by atoms with van der Waals surface area (Å²) in [5, 5.41) is 13.0. The number of aliphatic hydroxyl groups excluding tert-OH is 1. The minimum Gasteiger partial charge on any atom is -0.387 e. The quantitative estimate of drug-likeness (QED) is 0.589. The maximum Gasteiger partial charge on any atom is 0.222 e. The molecule has 1 rings (SSSR count). The molecule has 0 saturated carbocycles. The number of halogens is 1. The van der Waals surface area contributed by atoms with E-state index in [0.29, 0.717) is 10.6 Å². The van der Waals surface area contributed by atoms with Gasteiger partial charge in [0.05, 0.1) is 19.1 Å². The van der Waals surface area contributed by atoms with Crippen molar-refractivity contribution in [3.8, 4) is 12.3 Å². The molecule has 0 spiro atoms. The molecule has 5 heteroatoms. The van der Waals surface area contributed by atoms with Gasteiger partial charge in [0.15, 0.2) is 0 Å². The van der Waals surface area contributed by atoms with E-state index in [0.717, 1.165) is 0 Å². The first-order valence-electron chi connectivity index (χ1n) is 5.85. The highest BCUT2D eigenvalue weighted by molar-refractivity contribution is 6.31. The van der Waals surface area contributed by atoms with Gasteiger partial charge in [-0.15, -0.1) is 6.42 Å². The third kappa shape index (κ3) is 5.75. The van der Waals surface area contributed by atoms with E-state index < -0.39 is 6.10 Å². The third-order valence-corrected chi connectivity index (χ3v) is 2.76. The number of carbonyl (C=O) groups is 1. The largest absolute Gasteiger partial charge is 0.387 e. The molecule has 1 unspecified atom stereocenters. The number of terminal acetylenes is 1. The number of benzene rings is 1. The molecule has 0 aromatic heterocycles. The average molecular weight is 282 g/mol. The normalized spacial score (nSPS) is 11.6. The summed E-state index contributed by atoms with van der Waals surface area (Å²) in [5.41, 5.74) is 0.591. The number of ether oxygens (including phenoxy) is 1. The topological polar surface area (TPSA) is 58.6 Å². The number of hydrogen-bond donors (Lipinski definition) is 2. The fraction of sp³-hybridized carbons (Fsp3) is 0.357. The summed E-state index contributed by atoms with van der Waals surface area (Å²) in [6, 6.07) is 6.96. The van der Waals surface area contributed by atoms with Gasteiger partial charge in [-0.2, -0.15) is 0 Å². The summed E-state index contributed by atoms with van der Waals surface area (Å²) < 4.78 is 4.98. The third-order valence-electron chi connectivity index (χ3n) is 2.42. The van der Waals surface area contributed by atoms with Gasteiger partial charge in [0.2, 0.25) is 5.91 Å². The first-order chi connectivity index (χ1) is 9.15. The molecule has 1 atom stereocenters. The second-order valence-electron chi connectivity index (χ2n) is 3.85. The number of amides is 1. The van der Waals surface area contributed by atoms with Crippen LogP contribution in [0.4, 0.5) is 0 Å². The molecule has 1 amide bonds. The summed E-state index contributed by atoms with van der Waals surface area (Å²) in [4.78, 5) is 11.4. The summed E-state index contributed by atoms with van der Waals surface area (Å²) in [6.45, 7) is 0.561. The Balaban J connectivity index is 2.30. The van der Waals surface area contributed by atoms with E-state index in [1.54, 1.807) is 24.3 Å². The van der Waals surface area contributed by atoms with Crippen molar-refractivity contribution in [1.29, 1.82) is 0 Å². The molecular formula is C14H16ClNO3. The van der Waals surface area contributed by atoms with E-state index in [1.165, 1.54) is 0 Å². The van der Waals surface area contributed by atoms with Crippen molar-refractivity contribution in [3.05, 3.63) is 34.9 Å². The van der Waals surface area contributed by atoms with Crippen molar-refractivity contribution in [3.63, 3.8) is 0 Å². The van der Waals surface area contributed by atoms with Crippen LogP contribution in [0, 0.1) is 12.3 Å². The second-order valence-corrected chi connectivity index (χ2v) is 4.26. The Morgan fingerprint density at radius 3 is 2.95 bits per heavy atom. The van der Waals surface area contributed by atoms with Gasteiger partial charge in [-0.25, -0.2) is 0 Å². The smallest absolute Gasteiger partial charge is 0.222 e. The zero-order chi connectivity index (χ0) is 14.1. The zero-order valence-electron chi connectivity index (χ0n) is 10.4. The monoisotopic (exact) mass is 281 g/mol. The Kier molecular flexibility index (Phi) is 6.98. The number of carbonyl (C=O) groups excluding carboxylic acids is 1. The van der Waals surface area contributed by atoms with Crippen molar-refractivity contribution in [2.75, 3.05) is 19.8 Å². The molecule has 102 valence electrons. The molecule has 0 radical (unpaired) electrons. The Bertz CT molecular complexity index is 456. The van der Waals surface area contributed by atoms with Gasteiger partial charge < -0.3 is 15.2 Å². The minimum absolute atomic E-state index is 0.109. The van der Waals surface area contributed by atoms with Crippen LogP contribution in [0.15, 0.2) is 24.3 Å². The minimum atomic E-state index is -0.829. The van der Waals surface area contributed by atoms with Crippen molar-refractivity contribution in [2.45, 2.75) is 12.5 Å². The van der Waals surface area contributed by atoms with E-state index in [2.05, 4.69) is 11.2 Å². The fourth-order valence-electron chi connectivity index (χ4n) is 1.45. The maximum absolute atomic E-state index is 11.4. The van der Waals surface area contributed by atoms with Crippen LogP contribution in [-0.2, 0) is 9.53 Å². The lowest BCUT2D eigenvalue weighted by atomic mass is 10.1. The van der Waals surface area contributed by atoms with Crippen molar-refractivity contribution in [1.82, 2.24) is 5.32 Å². The van der Waals surface area contributed by atoms with Crippen LogP contribution < -0.4 is 5.32 Å².